The number of hydrogen-bond donors (Lipinski definition) is 3. The van der Waals surface area contributed by atoms with Crippen molar-refractivity contribution in [1.82, 2.24) is 10.2 Å². The number of benzene rings is 2. The van der Waals surface area contributed by atoms with Crippen molar-refractivity contribution >= 4 is 22.4 Å². The van der Waals surface area contributed by atoms with E-state index in [1.807, 2.05) is 6.07 Å². The summed E-state index contributed by atoms with van der Waals surface area (Å²) in [6.45, 7) is 0. The van der Waals surface area contributed by atoms with E-state index in [1.54, 1.807) is 36.4 Å². The predicted octanol–water partition coefficient (Wildman–Crippen LogP) is 2.08. The number of fused-ring (bicyclic) bond motifs is 1. The van der Waals surface area contributed by atoms with Crippen LogP contribution < -0.4 is 5.73 Å². The van der Waals surface area contributed by atoms with Gasteiger partial charge in [0.15, 0.2) is 5.78 Å². The van der Waals surface area contributed by atoms with Gasteiger partial charge in [-0.3, -0.25) is 9.89 Å². The van der Waals surface area contributed by atoms with Gasteiger partial charge in [0.1, 0.15) is 0 Å². The molecule has 0 aliphatic carbocycles. The van der Waals surface area contributed by atoms with Crippen molar-refractivity contribution in [1.29, 1.82) is 0 Å². The van der Waals surface area contributed by atoms with Crippen LogP contribution in [-0.2, 0) is 0 Å². The summed E-state index contributed by atoms with van der Waals surface area (Å²) in [4.78, 5) is 12.5. The summed E-state index contributed by atoms with van der Waals surface area (Å²) < 4.78 is 0. The third-order valence-electron chi connectivity index (χ3n) is 3.01. The number of anilines is 1. The average Bonchev–Trinajstić information content (AvgIpc) is 2.81. The summed E-state index contributed by atoms with van der Waals surface area (Å²) in [5.74, 6) is -0.456. The van der Waals surface area contributed by atoms with Gasteiger partial charge in [0.05, 0.1) is 16.5 Å². The minimum absolute atomic E-state index is 0.221. The number of nitrogens with two attached hydrogens (primary N) is 1. The van der Waals surface area contributed by atoms with E-state index in [2.05, 4.69) is 10.2 Å². The standard InChI is InChI=1S/C14H11N3O2/c15-9-6-7-10-12(14(19)17-16-10)11(9)13(18)8-4-2-1-3-5-8/h1-7H,15H2,(H2,16,17,19). The topological polar surface area (TPSA) is 92.0 Å². The third kappa shape index (κ3) is 1.72. The van der Waals surface area contributed by atoms with E-state index in [4.69, 9.17) is 5.73 Å². The molecule has 0 saturated heterocycles. The average molecular weight is 253 g/mol. The summed E-state index contributed by atoms with van der Waals surface area (Å²) in [7, 11) is 0. The summed E-state index contributed by atoms with van der Waals surface area (Å²) in [5.41, 5.74) is 7.56. The Hall–Kier alpha value is -2.82. The number of nitrogen functional groups attached to an aromatic ring is 1. The number of aromatic hydroxyl groups is 1. The van der Waals surface area contributed by atoms with Crippen LogP contribution in [0.15, 0.2) is 42.5 Å². The number of hydrogen-bond acceptors (Lipinski definition) is 4. The molecule has 5 nitrogen and oxygen atoms in total. The number of H-pyrrole nitrogens is 1. The van der Waals surface area contributed by atoms with Crippen LogP contribution in [0.5, 0.6) is 5.88 Å². The van der Waals surface area contributed by atoms with Crippen molar-refractivity contribution in [3.63, 3.8) is 0 Å². The van der Waals surface area contributed by atoms with Crippen LogP contribution >= 0.6 is 0 Å². The SMILES string of the molecule is Nc1ccc2[nH]nc(O)c2c1C(=O)c1ccccc1. The Kier molecular flexibility index (Phi) is 2.45. The van der Waals surface area contributed by atoms with Gasteiger partial charge in [-0.05, 0) is 12.1 Å². The predicted molar refractivity (Wildman–Crippen MR) is 72.0 cm³/mol. The molecule has 0 aliphatic rings. The molecule has 3 rings (SSSR count). The third-order valence-corrected chi connectivity index (χ3v) is 3.01. The molecule has 94 valence electrons. The van der Waals surface area contributed by atoms with Crippen molar-refractivity contribution < 1.29 is 9.90 Å². The highest BCUT2D eigenvalue weighted by molar-refractivity contribution is 6.20. The summed E-state index contributed by atoms with van der Waals surface area (Å²) in [6.07, 6.45) is 0. The van der Waals surface area contributed by atoms with Crippen LogP contribution in [0, 0.1) is 0 Å². The van der Waals surface area contributed by atoms with E-state index in [-0.39, 0.29) is 17.2 Å². The van der Waals surface area contributed by atoms with Crippen molar-refractivity contribution in [3.05, 3.63) is 53.6 Å². The van der Waals surface area contributed by atoms with Crippen LogP contribution in [-0.4, -0.2) is 21.1 Å². The molecule has 0 spiro atoms. The maximum atomic E-state index is 12.5. The number of aromatic amines is 1. The molecule has 0 saturated carbocycles. The first kappa shape index (κ1) is 11.3. The van der Waals surface area contributed by atoms with E-state index in [0.717, 1.165) is 0 Å². The van der Waals surface area contributed by atoms with Crippen LogP contribution in [0.25, 0.3) is 10.9 Å². The largest absolute Gasteiger partial charge is 0.492 e. The fourth-order valence-corrected chi connectivity index (χ4v) is 2.09. The Morgan fingerprint density at radius 1 is 1.16 bits per heavy atom. The van der Waals surface area contributed by atoms with Gasteiger partial charge in [-0.25, -0.2) is 0 Å². The fourth-order valence-electron chi connectivity index (χ4n) is 2.09. The number of aromatic nitrogens is 2. The molecule has 0 fully saturated rings. The summed E-state index contributed by atoms with van der Waals surface area (Å²) >= 11 is 0. The first-order valence-corrected chi connectivity index (χ1v) is 5.73. The Morgan fingerprint density at radius 3 is 2.63 bits per heavy atom. The number of rotatable bonds is 2. The lowest BCUT2D eigenvalue weighted by molar-refractivity contribution is 0.104. The fraction of sp³-hybridized carbons (Fsp3) is 0. The van der Waals surface area contributed by atoms with Gasteiger partial charge >= 0.3 is 0 Å². The van der Waals surface area contributed by atoms with Crippen LogP contribution in [0.2, 0.25) is 0 Å². The number of ketones is 1. The van der Waals surface area contributed by atoms with Crippen LogP contribution in [0.4, 0.5) is 5.69 Å². The number of nitrogens with one attached hydrogen (secondary N) is 1. The molecule has 5 heteroatoms. The number of nitrogens with zero attached hydrogens (tertiary/aromatic N) is 1. The monoisotopic (exact) mass is 253 g/mol. The van der Waals surface area contributed by atoms with Gasteiger partial charge in [-0.2, -0.15) is 0 Å². The van der Waals surface area contributed by atoms with Gasteiger partial charge in [0, 0.05) is 11.3 Å². The van der Waals surface area contributed by atoms with E-state index in [0.29, 0.717) is 22.2 Å². The van der Waals surface area contributed by atoms with Gasteiger partial charge in [0.2, 0.25) is 5.88 Å². The molecule has 0 atom stereocenters. The summed E-state index contributed by atoms with van der Waals surface area (Å²) in [5, 5.41) is 16.5. The molecular weight excluding hydrogens is 242 g/mol. The molecular formula is C14H11N3O2. The lowest BCUT2D eigenvalue weighted by Gasteiger charge is -2.06. The van der Waals surface area contributed by atoms with Gasteiger partial charge in [-0.1, -0.05) is 30.3 Å². The Bertz CT molecular complexity index is 763. The number of carbonyl (C=O) groups is 1. The summed E-state index contributed by atoms with van der Waals surface area (Å²) in [6, 6.07) is 12.1. The molecule has 19 heavy (non-hydrogen) atoms. The quantitative estimate of drug-likeness (QED) is 0.481. The zero-order chi connectivity index (χ0) is 13.4. The van der Waals surface area contributed by atoms with Crippen molar-refractivity contribution in [2.24, 2.45) is 0 Å². The second kappa shape index (κ2) is 4.13. The lowest BCUT2D eigenvalue weighted by atomic mass is 9.98. The van der Waals surface area contributed by atoms with Crippen molar-refractivity contribution in [3.8, 4) is 5.88 Å². The second-order valence-electron chi connectivity index (χ2n) is 4.19. The van der Waals surface area contributed by atoms with Crippen molar-refractivity contribution in [2.75, 3.05) is 5.73 Å². The lowest BCUT2D eigenvalue weighted by Crippen LogP contribution is -2.05. The highest BCUT2D eigenvalue weighted by atomic mass is 16.3. The maximum absolute atomic E-state index is 12.5. The molecule has 0 bridgehead atoms. The number of carbonyl (C=O) groups excluding carboxylic acids is 1. The van der Waals surface area contributed by atoms with Gasteiger partial charge in [0.25, 0.3) is 0 Å². The first-order chi connectivity index (χ1) is 9.18. The molecule has 1 heterocycles. The van der Waals surface area contributed by atoms with Crippen molar-refractivity contribution in [2.45, 2.75) is 0 Å². The highest BCUT2D eigenvalue weighted by Crippen LogP contribution is 2.31. The zero-order valence-corrected chi connectivity index (χ0v) is 9.92. The smallest absolute Gasteiger partial charge is 0.238 e. The van der Waals surface area contributed by atoms with E-state index in [9.17, 15) is 9.90 Å². The molecule has 3 aromatic rings. The highest BCUT2D eigenvalue weighted by Gasteiger charge is 2.19. The molecule has 1 aromatic heterocycles. The zero-order valence-electron chi connectivity index (χ0n) is 9.92. The normalized spacial score (nSPS) is 10.7. The van der Waals surface area contributed by atoms with E-state index in [1.165, 1.54) is 0 Å². The maximum Gasteiger partial charge on any atom is 0.238 e. The second-order valence-corrected chi connectivity index (χ2v) is 4.19. The van der Waals surface area contributed by atoms with Gasteiger partial charge in [-0.15, -0.1) is 5.10 Å². The molecule has 0 amide bonds. The molecule has 2 aromatic carbocycles. The Morgan fingerprint density at radius 2 is 1.89 bits per heavy atom. The first-order valence-electron chi connectivity index (χ1n) is 5.73. The Balaban J connectivity index is 2.28. The minimum atomic E-state index is -0.236. The molecule has 4 N–H and O–H groups in total. The Labute approximate surface area is 108 Å². The minimum Gasteiger partial charge on any atom is -0.492 e. The van der Waals surface area contributed by atoms with E-state index < -0.39 is 0 Å². The molecule has 0 aliphatic heterocycles. The van der Waals surface area contributed by atoms with Gasteiger partial charge < -0.3 is 10.8 Å². The molecule has 0 unspecified atom stereocenters. The van der Waals surface area contributed by atoms with Crippen LogP contribution in [0.3, 0.4) is 0 Å². The van der Waals surface area contributed by atoms with Crippen LogP contribution in [0.1, 0.15) is 15.9 Å². The van der Waals surface area contributed by atoms with E-state index >= 15 is 0 Å². The molecule has 0 radical (unpaired) electrons.